The molecule has 0 aliphatic heterocycles. The number of nitrogens with zero attached hydrogens (tertiary/aromatic N) is 4. The summed E-state index contributed by atoms with van der Waals surface area (Å²) in [4.78, 5) is 7.21. The van der Waals surface area contributed by atoms with E-state index < -0.39 is 0 Å². The van der Waals surface area contributed by atoms with Gasteiger partial charge in [0.25, 0.3) is 0 Å². The van der Waals surface area contributed by atoms with E-state index >= 15 is 0 Å². The lowest BCUT2D eigenvalue weighted by atomic mass is 10.1. The molecule has 0 aliphatic rings. The van der Waals surface area contributed by atoms with Crippen molar-refractivity contribution in [3.05, 3.63) is 35.5 Å². The number of rotatable bonds is 10. The van der Waals surface area contributed by atoms with E-state index in [0.717, 1.165) is 72.5 Å². The number of aryl methyl sites for hydroxylation is 1. The lowest BCUT2D eigenvalue weighted by Crippen LogP contribution is -2.29. The van der Waals surface area contributed by atoms with E-state index in [4.69, 9.17) is 19.6 Å². The zero-order valence-electron chi connectivity index (χ0n) is 19.0. The van der Waals surface area contributed by atoms with Crippen LogP contribution >= 0.6 is 0 Å². The molecule has 7 nitrogen and oxygen atoms in total. The molecule has 7 heteroatoms. The van der Waals surface area contributed by atoms with Crippen LogP contribution in [0.15, 0.2) is 24.3 Å². The third kappa shape index (κ3) is 4.51. The number of likely N-dealkylation sites (N-methyl/N-ethyl adjacent to an activating group) is 1. The van der Waals surface area contributed by atoms with Gasteiger partial charge in [-0.1, -0.05) is 20.8 Å². The number of nitrogens with one attached hydrogen (secondary N) is 1. The number of fused-ring (bicyclic) bond motifs is 1. The molecule has 30 heavy (non-hydrogen) atoms. The first-order chi connectivity index (χ1) is 14.5. The molecular formula is C23H33N5O2. The SMILES string of the molecule is CCc1c(C)nc2cc(-c3cc(OC)cc(OC)c3)nn2c1NCCN(CC)CC. The van der Waals surface area contributed by atoms with Gasteiger partial charge in [0.05, 0.1) is 19.9 Å². The minimum atomic E-state index is 0.734. The third-order valence-corrected chi connectivity index (χ3v) is 5.52. The summed E-state index contributed by atoms with van der Waals surface area (Å²) in [5, 5.41) is 8.51. The Morgan fingerprint density at radius 2 is 1.67 bits per heavy atom. The average molecular weight is 412 g/mol. The van der Waals surface area contributed by atoms with Crippen LogP contribution in [0.2, 0.25) is 0 Å². The Morgan fingerprint density at radius 1 is 1.00 bits per heavy atom. The van der Waals surface area contributed by atoms with Crippen molar-refractivity contribution in [2.45, 2.75) is 34.1 Å². The van der Waals surface area contributed by atoms with Crippen molar-refractivity contribution in [2.75, 3.05) is 45.7 Å². The van der Waals surface area contributed by atoms with Crippen molar-refractivity contribution in [1.82, 2.24) is 19.5 Å². The van der Waals surface area contributed by atoms with Gasteiger partial charge >= 0.3 is 0 Å². The summed E-state index contributed by atoms with van der Waals surface area (Å²) < 4.78 is 12.8. The van der Waals surface area contributed by atoms with E-state index in [1.165, 1.54) is 5.56 Å². The number of methoxy groups -OCH3 is 2. The highest BCUT2D eigenvalue weighted by Gasteiger charge is 2.16. The van der Waals surface area contributed by atoms with Gasteiger partial charge in [0.1, 0.15) is 17.3 Å². The standard InChI is InChI=1S/C23H33N5O2/c1-7-20-16(4)25-22-15-21(17-12-18(29-5)14-19(13-17)30-6)26-28(22)23(20)24-10-11-27(8-2)9-3/h12-15,24H,7-11H2,1-6H3. The predicted molar refractivity (Wildman–Crippen MR) is 122 cm³/mol. The molecule has 2 heterocycles. The van der Waals surface area contributed by atoms with Crippen LogP contribution in [0.4, 0.5) is 5.82 Å². The third-order valence-electron chi connectivity index (χ3n) is 5.52. The molecule has 0 bridgehead atoms. The van der Waals surface area contributed by atoms with Crippen molar-refractivity contribution in [1.29, 1.82) is 0 Å². The molecule has 0 saturated carbocycles. The fourth-order valence-corrected chi connectivity index (χ4v) is 3.73. The van der Waals surface area contributed by atoms with Gasteiger partial charge in [0, 0.05) is 42.0 Å². The molecule has 0 aliphatic carbocycles. The minimum Gasteiger partial charge on any atom is -0.497 e. The van der Waals surface area contributed by atoms with Gasteiger partial charge in [-0.2, -0.15) is 9.61 Å². The normalized spacial score (nSPS) is 11.3. The molecule has 0 atom stereocenters. The van der Waals surface area contributed by atoms with Crippen LogP contribution in [0.3, 0.4) is 0 Å². The molecule has 3 rings (SSSR count). The summed E-state index contributed by atoms with van der Waals surface area (Å²) >= 11 is 0. The molecule has 0 fully saturated rings. The summed E-state index contributed by atoms with van der Waals surface area (Å²) in [7, 11) is 3.30. The number of benzene rings is 1. The molecule has 0 saturated heterocycles. The lowest BCUT2D eigenvalue weighted by Gasteiger charge is -2.20. The summed E-state index contributed by atoms with van der Waals surface area (Å²) in [6.07, 6.45) is 0.893. The van der Waals surface area contributed by atoms with E-state index in [0.29, 0.717) is 0 Å². The largest absolute Gasteiger partial charge is 0.497 e. The van der Waals surface area contributed by atoms with E-state index in [-0.39, 0.29) is 0 Å². The summed E-state index contributed by atoms with van der Waals surface area (Å²) in [5.41, 5.74) is 4.82. The number of hydrogen-bond donors (Lipinski definition) is 1. The molecule has 162 valence electrons. The van der Waals surface area contributed by atoms with Crippen LogP contribution in [-0.2, 0) is 6.42 Å². The van der Waals surface area contributed by atoms with Crippen molar-refractivity contribution in [2.24, 2.45) is 0 Å². The Bertz CT molecular complexity index is 973. The molecule has 0 radical (unpaired) electrons. The van der Waals surface area contributed by atoms with Crippen LogP contribution in [-0.4, -0.2) is 59.9 Å². The first-order valence-corrected chi connectivity index (χ1v) is 10.6. The van der Waals surface area contributed by atoms with E-state index in [2.05, 4.69) is 37.9 Å². The molecule has 0 spiro atoms. The highest BCUT2D eigenvalue weighted by atomic mass is 16.5. The maximum atomic E-state index is 5.42. The fourth-order valence-electron chi connectivity index (χ4n) is 3.73. The monoisotopic (exact) mass is 411 g/mol. The van der Waals surface area contributed by atoms with Gasteiger partial charge in [-0.25, -0.2) is 4.98 Å². The van der Waals surface area contributed by atoms with Crippen molar-refractivity contribution in [3.63, 3.8) is 0 Å². The molecule has 0 unspecified atom stereocenters. The van der Waals surface area contributed by atoms with Gasteiger partial charge in [0.15, 0.2) is 5.65 Å². The Morgan fingerprint density at radius 3 is 2.23 bits per heavy atom. The van der Waals surface area contributed by atoms with Crippen LogP contribution < -0.4 is 14.8 Å². The molecular weight excluding hydrogens is 378 g/mol. The molecule has 2 aromatic heterocycles. The second kappa shape index (κ2) is 9.80. The second-order valence-corrected chi connectivity index (χ2v) is 7.23. The average Bonchev–Trinajstić information content (AvgIpc) is 3.19. The smallest absolute Gasteiger partial charge is 0.158 e. The molecule has 1 N–H and O–H groups in total. The van der Waals surface area contributed by atoms with Gasteiger partial charge < -0.3 is 19.7 Å². The first-order valence-electron chi connectivity index (χ1n) is 10.6. The van der Waals surface area contributed by atoms with Crippen LogP contribution in [0.25, 0.3) is 16.9 Å². The topological polar surface area (TPSA) is 63.9 Å². The molecule has 1 aromatic carbocycles. The Hall–Kier alpha value is -2.80. The zero-order valence-corrected chi connectivity index (χ0v) is 19.0. The second-order valence-electron chi connectivity index (χ2n) is 7.23. The van der Waals surface area contributed by atoms with Gasteiger partial charge in [-0.05, 0) is 38.6 Å². The van der Waals surface area contributed by atoms with Crippen molar-refractivity contribution >= 4 is 11.5 Å². The zero-order chi connectivity index (χ0) is 21.7. The van der Waals surface area contributed by atoms with E-state index in [1.54, 1.807) is 14.2 Å². The van der Waals surface area contributed by atoms with Crippen LogP contribution in [0, 0.1) is 6.92 Å². The highest BCUT2D eigenvalue weighted by molar-refractivity contribution is 5.69. The first kappa shape index (κ1) is 21.9. The minimum absolute atomic E-state index is 0.734. The van der Waals surface area contributed by atoms with Crippen LogP contribution in [0.5, 0.6) is 11.5 Å². The van der Waals surface area contributed by atoms with Crippen LogP contribution in [0.1, 0.15) is 32.0 Å². The Balaban J connectivity index is 2.03. The number of aromatic nitrogens is 3. The van der Waals surface area contributed by atoms with Crippen molar-refractivity contribution < 1.29 is 9.47 Å². The van der Waals surface area contributed by atoms with Crippen molar-refractivity contribution in [3.8, 4) is 22.8 Å². The van der Waals surface area contributed by atoms with E-state index in [1.807, 2.05) is 28.8 Å². The maximum Gasteiger partial charge on any atom is 0.158 e. The maximum absolute atomic E-state index is 5.42. The predicted octanol–water partition coefficient (Wildman–Crippen LogP) is 4.04. The van der Waals surface area contributed by atoms with Gasteiger partial charge in [-0.3, -0.25) is 0 Å². The Kier molecular flexibility index (Phi) is 7.15. The van der Waals surface area contributed by atoms with Gasteiger partial charge in [0.2, 0.25) is 0 Å². The number of ether oxygens (including phenoxy) is 2. The fraction of sp³-hybridized carbons (Fsp3) is 0.478. The Labute approximate surface area is 179 Å². The summed E-state index contributed by atoms with van der Waals surface area (Å²) in [6, 6.07) is 7.80. The summed E-state index contributed by atoms with van der Waals surface area (Å²) in [6.45, 7) is 12.5. The lowest BCUT2D eigenvalue weighted by molar-refractivity contribution is 0.316. The van der Waals surface area contributed by atoms with E-state index in [9.17, 15) is 0 Å². The quantitative estimate of drug-likeness (QED) is 0.543. The molecule has 0 amide bonds. The summed E-state index contributed by atoms with van der Waals surface area (Å²) in [5.74, 6) is 2.49. The van der Waals surface area contributed by atoms with Gasteiger partial charge in [-0.15, -0.1) is 0 Å². The molecule has 3 aromatic rings. The highest BCUT2D eigenvalue weighted by Crippen LogP contribution is 2.31. The number of anilines is 1. The number of hydrogen-bond acceptors (Lipinski definition) is 6.